The van der Waals surface area contributed by atoms with Crippen molar-refractivity contribution in [2.75, 3.05) is 0 Å². The van der Waals surface area contributed by atoms with Crippen LogP contribution in [0.2, 0.25) is 0 Å². The van der Waals surface area contributed by atoms with Gasteiger partial charge in [0.15, 0.2) is 11.6 Å². The van der Waals surface area contributed by atoms with Crippen molar-refractivity contribution < 1.29 is 18.7 Å². The Morgan fingerprint density at radius 2 is 1.96 bits per heavy atom. The Hall–Kier alpha value is -3.28. The van der Waals surface area contributed by atoms with Gasteiger partial charge in [0.25, 0.3) is 0 Å². The van der Waals surface area contributed by atoms with E-state index in [0.29, 0.717) is 40.1 Å². The number of phenols is 1. The molecule has 0 saturated heterocycles. The minimum atomic E-state index is -0.714. The first kappa shape index (κ1) is 17.1. The van der Waals surface area contributed by atoms with Gasteiger partial charge >= 0.3 is 0 Å². The number of hydrogen-bond acceptors (Lipinski definition) is 3. The molecule has 1 aliphatic carbocycles. The van der Waals surface area contributed by atoms with Gasteiger partial charge in [-0.1, -0.05) is 12.1 Å². The predicted molar refractivity (Wildman–Crippen MR) is 97.1 cm³/mol. The molecule has 3 aromatic rings. The fourth-order valence-corrected chi connectivity index (χ4v) is 3.46. The lowest BCUT2D eigenvalue weighted by Crippen LogP contribution is -2.02. The number of carbonyl (C=O) groups excluding carboxylic acids is 1. The summed E-state index contributed by atoms with van der Waals surface area (Å²) in [6.45, 7) is 3.53. The number of aromatic nitrogens is 2. The quantitative estimate of drug-likeness (QED) is 0.688. The molecule has 0 atom stereocenters. The van der Waals surface area contributed by atoms with Crippen LogP contribution in [0.4, 0.5) is 8.78 Å². The molecule has 0 radical (unpaired) electrons. The van der Waals surface area contributed by atoms with Gasteiger partial charge < -0.3 is 5.11 Å². The molecule has 4 rings (SSSR count). The van der Waals surface area contributed by atoms with Crippen molar-refractivity contribution in [3.63, 3.8) is 0 Å². The van der Waals surface area contributed by atoms with E-state index in [2.05, 4.69) is 5.10 Å². The van der Waals surface area contributed by atoms with Crippen LogP contribution in [0.1, 0.15) is 32.9 Å². The number of benzene rings is 2. The van der Waals surface area contributed by atoms with Crippen LogP contribution in [0.25, 0.3) is 11.8 Å². The second-order valence-electron chi connectivity index (χ2n) is 6.57. The van der Waals surface area contributed by atoms with Gasteiger partial charge in [-0.2, -0.15) is 5.10 Å². The number of hydrogen-bond donors (Lipinski definition) is 1. The minimum absolute atomic E-state index is 0.0989. The first-order valence-corrected chi connectivity index (χ1v) is 8.44. The molecule has 1 heterocycles. The summed E-state index contributed by atoms with van der Waals surface area (Å²) < 4.78 is 28.7. The standard InChI is InChI=1S/C21H16F2N2O2/c1-11-16(8-13-9-17-15(21(13)27)4-3-5-20(17)26)12(2)25(24-11)19-7-6-14(22)10-18(19)23/h3-8,10,26H,9H2,1-2H3. The number of halogens is 2. The monoisotopic (exact) mass is 366 g/mol. The average Bonchev–Trinajstić information content (AvgIpc) is 3.08. The molecule has 0 aliphatic heterocycles. The van der Waals surface area contributed by atoms with E-state index < -0.39 is 11.6 Å². The summed E-state index contributed by atoms with van der Waals surface area (Å²) in [5, 5.41) is 14.3. The summed E-state index contributed by atoms with van der Waals surface area (Å²) >= 11 is 0. The lowest BCUT2D eigenvalue weighted by Gasteiger charge is -2.06. The predicted octanol–water partition coefficient (Wildman–Crippen LogP) is 4.30. The molecule has 136 valence electrons. The Morgan fingerprint density at radius 1 is 1.19 bits per heavy atom. The van der Waals surface area contributed by atoms with Gasteiger partial charge in [-0.25, -0.2) is 13.5 Å². The highest BCUT2D eigenvalue weighted by Crippen LogP contribution is 2.34. The number of Topliss-reactive ketones (excluding diaryl/α,β-unsaturated/α-hetero) is 1. The number of nitrogens with zero attached hydrogens (tertiary/aromatic N) is 2. The van der Waals surface area contributed by atoms with Gasteiger partial charge in [-0.15, -0.1) is 0 Å². The highest BCUT2D eigenvalue weighted by molar-refractivity contribution is 6.16. The molecule has 1 aromatic heterocycles. The number of allylic oxidation sites excluding steroid dienone is 1. The van der Waals surface area contributed by atoms with E-state index in [-0.39, 0.29) is 17.2 Å². The Kier molecular flexibility index (Phi) is 3.91. The van der Waals surface area contributed by atoms with Crippen molar-refractivity contribution in [3.8, 4) is 11.4 Å². The maximum atomic E-state index is 14.1. The van der Waals surface area contributed by atoms with Crippen LogP contribution in [-0.2, 0) is 6.42 Å². The number of phenolic OH excluding ortho intramolecular Hbond substituents is 1. The minimum Gasteiger partial charge on any atom is -0.508 e. The van der Waals surface area contributed by atoms with Crippen LogP contribution in [0.15, 0.2) is 42.0 Å². The molecule has 4 nitrogen and oxygen atoms in total. The van der Waals surface area contributed by atoms with Gasteiger partial charge in [-0.05, 0) is 38.1 Å². The summed E-state index contributed by atoms with van der Waals surface area (Å²) in [7, 11) is 0. The van der Waals surface area contributed by atoms with Crippen LogP contribution in [-0.4, -0.2) is 20.7 Å². The SMILES string of the molecule is Cc1nn(-c2ccc(F)cc2F)c(C)c1C=C1Cc2c(O)cccc2C1=O. The van der Waals surface area contributed by atoms with Crippen molar-refractivity contribution in [2.24, 2.45) is 0 Å². The Balaban J connectivity index is 1.79. The van der Waals surface area contributed by atoms with Crippen molar-refractivity contribution in [1.29, 1.82) is 0 Å². The molecule has 0 saturated carbocycles. The highest BCUT2D eigenvalue weighted by atomic mass is 19.1. The van der Waals surface area contributed by atoms with Gasteiger partial charge in [0.2, 0.25) is 0 Å². The fourth-order valence-electron chi connectivity index (χ4n) is 3.46. The number of rotatable bonds is 2. The Morgan fingerprint density at radius 3 is 2.67 bits per heavy atom. The van der Waals surface area contributed by atoms with Crippen LogP contribution in [0.3, 0.4) is 0 Å². The van der Waals surface area contributed by atoms with Crippen LogP contribution in [0, 0.1) is 25.5 Å². The zero-order valence-electron chi connectivity index (χ0n) is 14.8. The van der Waals surface area contributed by atoms with E-state index in [1.165, 1.54) is 16.8 Å². The second kappa shape index (κ2) is 6.16. The molecular formula is C21H16F2N2O2. The highest BCUT2D eigenvalue weighted by Gasteiger charge is 2.27. The van der Waals surface area contributed by atoms with E-state index in [1.807, 2.05) is 0 Å². The maximum absolute atomic E-state index is 14.1. The van der Waals surface area contributed by atoms with Crippen LogP contribution >= 0.6 is 0 Å². The average molecular weight is 366 g/mol. The van der Waals surface area contributed by atoms with Crippen molar-refractivity contribution in [2.45, 2.75) is 20.3 Å². The molecule has 6 heteroatoms. The molecule has 0 spiro atoms. The van der Waals surface area contributed by atoms with Crippen molar-refractivity contribution in [3.05, 3.63) is 81.7 Å². The molecule has 1 aliphatic rings. The summed E-state index contributed by atoms with van der Waals surface area (Å²) in [5.41, 5.74) is 3.75. The lowest BCUT2D eigenvalue weighted by atomic mass is 10.1. The third-order valence-electron chi connectivity index (χ3n) is 4.86. The normalized spacial score (nSPS) is 14.8. The third kappa shape index (κ3) is 2.73. The number of aryl methyl sites for hydroxylation is 1. The number of fused-ring (bicyclic) bond motifs is 1. The number of carbonyl (C=O) groups is 1. The fraction of sp³-hybridized carbons (Fsp3) is 0.143. The largest absolute Gasteiger partial charge is 0.508 e. The third-order valence-corrected chi connectivity index (χ3v) is 4.86. The molecule has 2 aromatic carbocycles. The van der Waals surface area contributed by atoms with Crippen LogP contribution in [0.5, 0.6) is 5.75 Å². The van der Waals surface area contributed by atoms with Crippen molar-refractivity contribution in [1.82, 2.24) is 9.78 Å². The molecule has 0 bridgehead atoms. The molecule has 0 fully saturated rings. The number of ketones is 1. The summed E-state index contributed by atoms with van der Waals surface area (Å²) in [4.78, 5) is 12.6. The van der Waals surface area contributed by atoms with E-state index in [0.717, 1.165) is 6.07 Å². The van der Waals surface area contributed by atoms with E-state index in [1.54, 1.807) is 38.1 Å². The lowest BCUT2D eigenvalue weighted by molar-refractivity contribution is 0.104. The smallest absolute Gasteiger partial charge is 0.189 e. The van der Waals surface area contributed by atoms with Gasteiger partial charge in [-0.3, -0.25) is 4.79 Å². The van der Waals surface area contributed by atoms with Gasteiger partial charge in [0.05, 0.1) is 5.69 Å². The topological polar surface area (TPSA) is 55.1 Å². The molecule has 1 N–H and O–H groups in total. The molecule has 0 unspecified atom stereocenters. The second-order valence-corrected chi connectivity index (χ2v) is 6.57. The summed E-state index contributed by atoms with van der Waals surface area (Å²) in [6.07, 6.45) is 2.06. The number of aromatic hydroxyl groups is 1. The van der Waals surface area contributed by atoms with Crippen LogP contribution < -0.4 is 0 Å². The van der Waals surface area contributed by atoms with Gasteiger partial charge in [0, 0.05) is 40.4 Å². The Bertz CT molecular complexity index is 1130. The zero-order valence-corrected chi connectivity index (χ0v) is 14.8. The van der Waals surface area contributed by atoms with Gasteiger partial charge in [0.1, 0.15) is 17.3 Å². The van der Waals surface area contributed by atoms with E-state index >= 15 is 0 Å². The van der Waals surface area contributed by atoms with E-state index in [9.17, 15) is 18.7 Å². The molecule has 0 amide bonds. The zero-order chi connectivity index (χ0) is 19.3. The maximum Gasteiger partial charge on any atom is 0.189 e. The molecule has 27 heavy (non-hydrogen) atoms. The molecular weight excluding hydrogens is 350 g/mol. The van der Waals surface area contributed by atoms with E-state index in [4.69, 9.17) is 0 Å². The summed E-state index contributed by atoms with van der Waals surface area (Å²) in [5.74, 6) is -1.41. The Labute approximate surface area is 154 Å². The first-order chi connectivity index (χ1) is 12.9. The summed E-state index contributed by atoms with van der Waals surface area (Å²) in [6, 6.07) is 8.20. The van der Waals surface area contributed by atoms with Crippen molar-refractivity contribution >= 4 is 11.9 Å². The first-order valence-electron chi connectivity index (χ1n) is 8.44.